The van der Waals surface area contributed by atoms with Crippen LogP contribution in [-0.2, 0) is 4.79 Å². The first-order valence-corrected chi connectivity index (χ1v) is 9.29. The van der Waals surface area contributed by atoms with Gasteiger partial charge in [-0.1, -0.05) is 30.3 Å². The van der Waals surface area contributed by atoms with Crippen LogP contribution in [0.2, 0.25) is 0 Å². The second-order valence-electron chi connectivity index (χ2n) is 6.63. The zero-order valence-electron chi connectivity index (χ0n) is 16.5. The van der Waals surface area contributed by atoms with E-state index in [1.165, 1.54) is 14.2 Å². The van der Waals surface area contributed by atoms with Gasteiger partial charge in [-0.2, -0.15) is 0 Å². The van der Waals surface area contributed by atoms with E-state index in [0.29, 0.717) is 34.2 Å². The van der Waals surface area contributed by atoms with Gasteiger partial charge in [-0.05, 0) is 36.4 Å². The molecule has 2 N–H and O–H groups in total. The lowest BCUT2D eigenvalue weighted by Gasteiger charge is -2.26. The molecule has 1 unspecified atom stereocenters. The number of methoxy groups -OCH3 is 2. The topological polar surface area (TPSA) is 85.9 Å². The van der Waals surface area contributed by atoms with Crippen LogP contribution in [0.5, 0.6) is 17.2 Å². The van der Waals surface area contributed by atoms with Gasteiger partial charge >= 0.3 is 0 Å². The molecule has 7 nitrogen and oxygen atoms in total. The summed E-state index contributed by atoms with van der Waals surface area (Å²) in [6.07, 6.45) is -0.717. The summed E-state index contributed by atoms with van der Waals surface area (Å²) in [5.41, 5.74) is 2.20. The molecule has 30 heavy (non-hydrogen) atoms. The largest absolute Gasteiger partial charge is 0.493 e. The minimum Gasteiger partial charge on any atom is -0.493 e. The monoisotopic (exact) mass is 404 g/mol. The Bertz CT molecular complexity index is 1100. The van der Waals surface area contributed by atoms with Gasteiger partial charge in [-0.3, -0.25) is 9.59 Å². The molecule has 0 saturated carbocycles. The van der Waals surface area contributed by atoms with E-state index >= 15 is 0 Å². The summed E-state index contributed by atoms with van der Waals surface area (Å²) in [6, 6.07) is 19.3. The van der Waals surface area contributed by atoms with Gasteiger partial charge in [0.1, 0.15) is 5.75 Å². The number of fused-ring (bicyclic) bond motifs is 1. The van der Waals surface area contributed by atoms with Crippen molar-refractivity contribution in [1.82, 2.24) is 0 Å². The number of amides is 2. The van der Waals surface area contributed by atoms with Crippen molar-refractivity contribution in [2.75, 3.05) is 24.9 Å². The van der Waals surface area contributed by atoms with Crippen LogP contribution in [0.1, 0.15) is 22.0 Å². The third kappa shape index (κ3) is 3.77. The summed E-state index contributed by atoms with van der Waals surface area (Å²) < 4.78 is 16.3. The highest BCUT2D eigenvalue weighted by atomic mass is 16.5. The van der Waals surface area contributed by atoms with Crippen LogP contribution in [0.15, 0.2) is 66.7 Å². The molecule has 0 fully saturated rings. The van der Waals surface area contributed by atoms with Gasteiger partial charge < -0.3 is 24.8 Å². The fourth-order valence-corrected chi connectivity index (χ4v) is 3.21. The van der Waals surface area contributed by atoms with Gasteiger partial charge in [0, 0.05) is 16.8 Å². The summed E-state index contributed by atoms with van der Waals surface area (Å²) >= 11 is 0. The number of benzene rings is 3. The predicted molar refractivity (Wildman–Crippen MR) is 112 cm³/mol. The van der Waals surface area contributed by atoms with Crippen LogP contribution in [0.3, 0.4) is 0 Å². The Morgan fingerprint density at radius 3 is 2.47 bits per heavy atom. The summed E-state index contributed by atoms with van der Waals surface area (Å²) in [6.45, 7) is 0. The Balaban J connectivity index is 1.52. The summed E-state index contributed by atoms with van der Waals surface area (Å²) in [5, 5.41) is 5.66. The second-order valence-corrected chi connectivity index (χ2v) is 6.63. The average Bonchev–Trinajstić information content (AvgIpc) is 2.78. The number of ether oxygens (including phenoxy) is 3. The molecule has 0 radical (unpaired) electrons. The smallest absolute Gasteiger partial charge is 0.270 e. The normalized spacial score (nSPS) is 14.7. The number of hydrogen-bond acceptors (Lipinski definition) is 5. The number of rotatable bonds is 5. The van der Waals surface area contributed by atoms with Crippen LogP contribution < -0.4 is 24.8 Å². The maximum Gasteiger partial charge on any atom is 0.270 e. The molecule has 1 heterocycles. The minimum absolute atomic E-state index is 0.267. The highest BCUT2D eigenvalue weighted by molar-refractivity contribution is 6.05. The molecule has 3 aromatic rings. The van der Waals surface area contributed by atoms with Gasteiger partial charge in [-0.15, -0.1) is 0 Å². The van der Waals surface area contributed by atoms with Crippen molar-refractivity contribution in [1.29, 1.82) is 0 Å². The molecule has 0 saturated heterocycles. The van der Waals surface area contributed by atoms with Crippen LogP contribution in [-0.4, -0.2) is 26.0 Å². The molecule has 0 aromatic heterocycles. The fraction of sp³-hybridized carbons (Fsp3) is 0.130. The molecule has 0 spiro atoms. The van der Waals surface area contributed by atoms with Crippen molar-refractivity contribution in [3.8, 4) is 17.2 Å². The molecule has 0 bridgehead atoms. The predicted octanol–water partition coefficient (Wildman–Crippen LogP) is 4.03. The van der Waals surface area contributed by atoms with Crippen molar-refractivity contribution in [3.63, 3.8) is 0 Å². The maximum atomic E-state index is 12.6. The molecule has 0 aliphatic carbocycles. The van der Waals surface area contributed by atoms with E-state index in [1.54, 1.807) is 36.4 Å². The van der Waals surface area contributed by atoms with Crippen molar-refractivity contribution >= 4 is 23.2 Å². The van der Waals surface area contributed by atoms with Crippen LogP contribution in [0, 0.1) is 0 Å². The van der Waals surface area contributed by atoms with E-state index in [1.807, 2.05) is 30.3 Å². The maximum absolute atomic E-state index is 12.6. The van der Waals surface area contributed by atoms with Gasteiger partial charge in [0.2, 0.25) is 6.10 Å². The fourth-order valence-electron chi connectivity index (χ4n) is 3.21. The highest BCUT2D eigenvalue weighted by Gasteiger charge is 2.29. The van der Waals surface area contributed by atoms with Crippen molar-refractivity contribution in [2.45, 2.75) is 6.10 Å². The average molecular weight is 404 g/mol. The third-order valence-electron chi connectivity index (χ3n) is 4.73. The van der Waals surface area contributed by atoms with E-state index in [2.05, 4.69) is 10.6 Å². The molecule has 1 atom stereocenters. The zero-order chi connectivity index (χ0) is 21.1. The Morgan fingerprint density at radius 1 is 0.967 bits per heavy atom. The van der Waals surface area contributed by atoms with Gasteiger partial charge in [0.25, 0.3) is 11.8 Å². The van der Waals surface area contributed by atoms with E-state index in [4.69, 9.17) is 14.2 Å². The quantitative estimate of drug-likeness (QED) is 0.671. The van der Waals surface area contributed by atoms with Crippen LogP contribution in [0.4, 0.5) is 11.4 Å². The minimum atomic E-state index is -0.717. The van der Waals surface area contributed by atoms with Crippen LogP contribution in [0.25, 0.3) is 0 Å². The zero-order valence-corrected chi connectivity index (χ0v) is 16.5. The lowest BCUT2D eigenvalue weighted by Crippen LogP contribution is -2.30. The molecule has 3 aromatic carbocycles. The summed E-state index contributed by atoms with van der Waals surface area (Å²) in [4.78, 5) is 25.1. The molecular weight excluding hydrogens is 384 g/mol. The molecule has 1 aliphatic rings. The third-order valence-corrected chi connectivity index (χ3v) is 4.73. The SMILES string of the molecule is COc1ccc(C(=O)Nc2ccc3c(c2)NC(=O)C(c2ccccc2)O3)cc1OC. The van der Waals surface area contributed by atoms with Crippen molar-refractivity contribution in [3.05, 3.63) is 77.9 Å². The Morgan fingerprint density at radius 2 is 1.73 bits per heavy atom. The molecule has 1 aliphatic heterocycles. The number of anilines is 2. The number of carbonyl (C=O) groups is 2. The van der Waals surface area contributed by atoms with E-state index in [0.717, 1.165) is 5.56 Å². The lowest BCUT2D eigenvalue weighted by molar-refractivity contribution is -0.123. The van der Waals surface area contributed by atoms with Gasteiger partial charge in [-0.25, -0.2) is 0 Å². The Labute approximate surface area is 173 Å². The molecule has 7 heteroatoms. The Hall–Kier alpha value is -4.00. The second kappa shape index (κ2) is 8.16. The van der Waals surface area contributed by atoms with Gasteiger partial charge in [0.15, 0.2) is 11.5 Å². The first kappa shape index (κ1) is 19.3. The molecule has 4 rings (SSSR count). The summed E-state index contributed by atoms with van der Waals surface area (Å²) in [5.74, 6) is 0.949. The standard InChI is InChI=1S/C23H20N2O5/c1-28-19-10-8-15(12-20(19)29-2)22(26)24-16-9-11-18-17(13-16)25-23(27)21(30-18)14-6-4-3-5-7-14/h3-13,21H,1-2H3,(H,24,26)(H,25,27). The van der Waals surface area contributed by atoms with Crippen molar-refractivity contribution < 1.29 is 23.8 Å². The number of carbonyl (C=O) groups excluding carboxylic acids is 2. The van der Waals surface area contributed by atoms with E-state index in [9.17, 15) is 9.59 Å². The van der Waals surface area contributed by atoms with Crippen LogP contribution >= 0.6 is 0 Å². The molecular formula is C23H20N2O5. The first-order valence-electron chi connectivity index (χ1n) is 9.29. The number of hydrogen-bond donors (Lipinski definition) is 2. The molecule has 2 amide bonds. The lowest BCUT2D eigenvalue weighted by atomic mass is 10.1. The molecule has 152 valence electrons. The first-order chi connectivity index (χ1) is 14.6. The number of nitrogens with one attached hydrogen (secondary N) is 2. The summed E-state index contributed by atoms with van der Waals surface area (Å²) in [7, 11) is 3.04. The highest BCUT2D eigenvalue weighted by Crippen LogP contribution is 2.37. The van der Waals surface area contributed by atoms with E-state index in [-0.39, 0.29) is 11.8 Å². The van der Waals surface area contributed by atoms with Crippen molar-refractivity contribution in [2.24, 2.45) is 0 Å². The van der Waals surface area contributed by atoms with E-state index < -0.39 is 6.10 Å². The van der Waals surface area contributed by atoms with Gasteiger partial charge in [0.05, 0.1) is 19.9 Å². The Kier molecular flexibility index (Phi) is 5.26.